The summed E-state index contributed by atoms with van der Waals surface area (Å²) in [5.41, 5.74) is 0.122. The number of nitrogens with zero attached hydrogens (tertiary/aromatic N) is 4. The van der Waals surface area contributed by atoms with E-state index in [1.165, 1.54) is 11.3 Å². The first-order valence-electron chi connectivity index (χ1n) is 9.27. The molecule has 0 saturated heterocycles. The van der Waals surface area contributed by atoms with E-state index in [9.17, 15) is 30.6 Å². The lowest BCUT2D eigenvalue weighted by molar-refractivity contribution is -0.394. The molecule has 1 aromatic heterocycles. The van der Waals surface area contributed by atoms with Crippen molar-refractivity contribution in [3.8, 4) is 11.8 Å². The number of thiophene rings is 1. The smallest absolute Gasteiger partial charge is 0.318 e. The molecule has 1 heterocycles. The number of nitriles is 1. The highest BCUT2D eigenvalue weighted by Gasteiger charge is 2.32. The summed E-state index contributed by atoms with van der Waals surface area (Å²) in [5, 5.41) is 42.4. The number of nitro benzene ring substituents is 2. The molecule has 0 radical (unpaired) electrons. The van der Waals surface area contributed by atoms with Gasteiger partial charge >= 0.3 is 5.69 Å². The van der Waals surface area contributed by atoms with Crippen molar-refractivity contribution >= 4 is 33.9 Å². The van der Waals surface area contributed by atoms with Crippen LogP contribution in [0.15, 0.2) is 17.1 Å². The van der Waals surface area contributed by atoms with Crippen LogP contribution in [0.3, 0.4) is 0 Å². The summed E-state index contributed by atoms with van der Waals surface area (Å²) in [6, 6.07) is 3.90. The van der Waals surface area contributed by atoms with E-state index in [2.05, 4.69) is 31.8 Å². The minimum absolute atomic E-state index is 0.144. The topological polar surface area (TPSA) is 143 Å². The van der Waals surface area contributed by atoms with Crippen molar-refractivity contribution in [1.29, 1.82) is 5.26 Å². The Kier molecular flexibility index (Phi) is 5.59. The molecule has 0 bridgehead atoms. The number of benzene rings is 1. The SMILES string of the molecule is CC(C)(C)[C@H]1CCc2c(sc(N=Cc3cc([N+](=O)[O-])cc([N+](=O)[O-])c3O)c2C#N)C1. The summed E-state index contributed by atoms with van der Waals surface area (Å²) in [7, 11) is 0. The molecule has 9 nitrogen and oxygen atoms in total. The van der Waals surface area contributed by atoms with Crippen LogP contribution >= 0.6 is 11.3 Å². The van der Waals surface area contributed by atoms with E-state index >= 15 is 0 Å². The first-order valence-corrected chi connectivity index (χ1v) is 10.1. The van der Waals surface area contributed by atoms with Gasteiger partial charge in [0.15, 0.2) is 0 Å². The average molecular weight is 428 g/mol. The number of aliphatic imine (C=N–C) groups is 1. The molecular formula is C20H20N4O5S. The van der Waals surface area contributed by atoms with E-state index in [0.29, 0.717) is 22.5 Å². The summed E-state index contributed by atoms with van der Waals surface area (Å²) in [4.78, 5) is 25.9. The third-order valence-electron chi connectivity index (χ3n) is 5.42. The monoisotopic (exact) mass is 428 g/mol. The zero-order valence-corrected chi connectivity index (χ0v) is 17.5. The Balaban J connectivity index is 2.02. The van der Waals surface area contributed by atoms with Gasteiger partial charge in [0, 0.05) is 22.7 Å². The predicted molar refractivity (Wildman–Crippen MR) is 113 cm³/mol. The number of phenolic OH excluding ortho intramolecular Hbond substituents is 1. The number of non-ortho nitro benzene ring substituents is 1. The molecule has 30 heavy (non-hydrogen) atoms. The van der Waals surface area contributed by atoms with Crippen LogP contribution in [0.1, 0.15) is 48.8 Å². The van der Waals surface area contributed by atoms with Crippen LogP contribution in [0, 0.1) is 42.9 Å². The highest BCUT2D eigenvalue weighted by Crippen LogP contribution is 2.45. The number of hydrogen-bond donors (Lipinski definition) is 1. The molecule has 0 fully saturated rings. The Bertz CT molecular complexity index is 1110. The van der Waals surface area contributed by atoms with Crippen molar-refractivity contribution < 1.29 is 15.0 Å². The second kappa shape index (κ2) is 7.84. The molecule has 0 aliphatic heterocycles. The highest BCUT2D eigenvalue weighted by molar-refractivity contribution is 7.16. The van der Waals surface area contributed by atoms with Crippen molar-refractivity contribution in [2.75, 3.05) is 0 Å². The van der Waals surface area contributed by atoms with E-state index in [1.807, 2.05) is 0 Å². The highest BCUT2D eigenvalue weighted by atomic mass is 32.1. The Hall–Kier alpha value is -3.32. The maximum absolute atomic E-state index is 11.1. The minimum Gasteiger partial charge on any atom is -0.502 e. The van der Waals surface area contributed by atoms with Gasteiger partial charge in [-0.15, -0.1) is 11.3 Å². The van der Waals surface area contributed by atoms with Gasteiger partial charge in [-0.25, -0.2) is 4.99 Å². The minimum atomic E-state index is -0.892. The van der Waals surface area contributed by atoms with Crippen LogP contribution in [0.5, 0.6) is 5.75 Å². The molecule has 1 aromatic carbocycles. The zero-order chi connectivity index (χ0) is 22.2. The number of phenols is 1. The first kappa shape index (κ1) is 21.4. The lowest BCUT2D eigenvalue weighted by Crippen LogP contribution is -2.26. The van der Waals surface area contributed by atoms with E-state index < -0.39 is 27.0 Å². The Morgan fingerprint density at radius 3 is 2.57 bits per heavy atom. The van der Waals surface area contributed by atoms with Gasteiger partial charge in [0.1, 0.15) is 11.1 Å². The van der Waals surface area contributed by atoms with Crippen LogP contribution in [0.4, 0.5) is 16.4 Å². The van der Waals surface area contributed by atoms with Gasteiger partial charge in [-0.05, 0) is 36.2 Å². The van der Waals surface area contributed by atoms with E-state index in [-0.39, 0.29) is 11.0 Å². The maximum atomic E-state index is 11.1. The number of nitro groups is 2. The molecular weight excluding hydrogens is 408 g/mol. The summed E-state index contributed by atoms with van der Waals surface area (Å²) in [5.74, 6) is -0.225. The summed E-state index contributed by atoms with van der Waals surface area (Å²) in [6.45, 7) is 6.58. The summed E-state index contributed by atoms with van der Waals surface area (Å²) in [6.07, 6.45) is 3.73. The molecule has 1 N–H and O–H groups in total. The summed E-state index contributed by atoms with van der Waals surface area (Å²) >= 11 is 1.38. The molecule has 10 heteroatoms. The van der Waals surface area contributed by atoms with Gasteiger partial charge in [0.25, 0.3) is 5.69 Å². The van der Waals surface area contributed by atoms with Crippen molar-refractivity contribution in [2.45, 2.75) is 40.0 Å². The fourth-order valence-corrected chi connectivity index (χ4v) is 4.84. The van der Waals surface area contributed by atoms with Gasteiger partial charge in [-0.1, -0.05) is 20.8 Å². The average Bonchev–Trinajstić information content (AvgIpc) is 3.02. The molecule has 1 aliphatic carbocycles. The van der Waals surface area contributed by atoms with Crippen LogP contribution < -0.4 is 0 Å². The molecule has 0 amide bonds. The van der Waals surface area contributed by atoms with Crippen LogP contribution in [0.25, 0.3) is 0 Å². The van der Waals surface area contributed by atoms with Crippen LogP contribution in [-0.4, -0.2) is 21.2 Å². The molecule has 0 spiro atoms. The van der Waals surface area contributed by atoms with Crippen LogP contribution in [-0.2, 0) is 12.8 Å². The molecule has 156 valence electrons. The van der Waals surface area contributed by atoms with Crippen molar-refractivity contribution in [2.24, 2.45) is 16.3 Å². The van der Waals surface area contributed by atoms with Gasteiger partial charge in [0.05, 0.1) is 21.5 Å². The fourth-order valence-electron chi connectivity index (χ4n) is 3.61. The third kappa shape index (κ3) is 4.02. The molecule has 0 saturated carbocycles. The molecule has 3 rings (SSSR count). The second-order valence-corrected chi connectivity index (χ2v) is 9.36. The van der Waals surface area contributed by atoms with Gasteiger partial charge in [0.2, 0.25) is 5.75 Å². The number of rotatable bonds is 4. The molecule has 0 unspecified atom stereocenters. The quantitative estimate of drug-likeness (QED) is 0.410. The maximum Gasteiger partial charge on any atom is 0.318 e. The predicted octanol–water partition coefficient (Wildman–Crippen LogP) is 5.04. The third-order valence-corrected chi connectivity index (χ3v) is 6.58. The Morgan fingerprint density at radius 2 is 2.00 bits per heavy atom. The Labute approximate surface area is 176 Å². The van der Waals surface area contributed by atoms with Gasteiger partial charge in [-0.3, -0.25) is 20.2 Å². The standard InChI is InChI=1S/C20H20N4O5S/c1-20(2,3)12-4-5-14-15(9-21)19(30-17(14)7-12)22-10-11-6-13(23(26)27)8-16(18(11)25)24(28)29/h6,8,10,12,25H,4-5,7H2,1-3H3/t12-/m0/s1. The Morgan fingerprint density at radius 1 is 1.30 bits per heavy atom. The van der Waals surface area contributed by atoms with Crippen LogP contribution in [0.2, 0.25) is 0 Å². The second-order valence-electron chi connectivity index (χ2n) is 8.28. The number of fused-ring (bicyclic) bond motifs is 1. The van der Waals surface area contributed by atoms with E-state index in [0.717, 1.165) is 42.0 Å². The van der Waals surface area contributed by atoms with E-state index in [1.54, 1.807) is 0 Å². The normalized spacial score (nSPS) is 16.3. The van der Waals surface area contributed by atoms with Gasteiger partial charge < -0.3 is 5.11 Å². The largest absolute Gasteiger partial charge is 0.502 e. The molecule has 1 atom stereocenters. The fraction of sp³-hybridized carbons (Fsp3) is 0.400. The zero-order valence-electron chi connectivity index (χ0n) is 16.7. The molecule has 1 aliphatic rings. The molecule has 2 aromatic rings. The summed E-state index contributed by atoms with van der Waals surface area (Å²) < 4.78 is 0. The van der Waals surface area contributed by atoms with Crippen molar-refractivity contribution in [1.82, 2.24) is 0 Å². The van der Waals surface area contributed by atoms with Crippen molar-refractivity contribution in [3.05, 3.63) is 53.9 Å². The number of aromatic hydroxyl groups is 1. The lowest BCUT2D eigenvalue weighted by atomic mass is 9.72. The first-order chi connectivity index (χ1) is 14.0. The van der Waals surface area contributed by atoms with Crippen molar-refractivity contribution in [3.63, 3.8) is 0 Å². The van der Waals surface area contributed by atoms with Gasteiger partial charge in [-0.2, -0.15) is 5.26 Å². The number of hydrogen-bond acceptors (Lipinski definition) is 8. The lowest BCUT2D eigenvalue weighted by Gasteiger charge is -2.33. The van der Waals surface area contributed by atoms with E-state index in [4.69, 9.17) is 0 Å².